The smallest absolute Gasteiger partial charge is 0.243 e. The number of rotatable bonds is 3. The number of sulfonamides is 1. The molecule has 1 aromatic carbocycles. The van der Waals surface area contributed by atoms with Crippen molar-refractivity contribution in [3.05, 3.63) is 29.3 Å². The van der Waals surface area contributed by atoms with Crippen LogP contribution in [0, 0.1) is 0 Å². The van der Waals surface area contributed by atoms with Gasteiger partial charge in [-0.15, -0.1) is 12.4 Å². The van der Waals surface area contributed by atoms with E-state index in [9.17, 15) is 13.2 Å². The summed E-state index contributed by atoms with van der Waals surface area (Å²) in [7, 11) is -3.58. The van der Waals surface area contributed by atoms with E-state index in [2.05, 4.69) is 5.32 Å². The number of halogens is 2. The zero-order valence-corrected chi connectivity index (χ0v) is 15.5. The third-order valence-corrected chi connectivity index (χ3v) is 6.46. The Morgan fingerprint density at radius 2 is 2.04 bits per heavy atom. The molecule has 0 aliphatic carbocycles. The van der Waals surface area contributed by atoms with Crippen LogP contribution in [-0.2, 0) is 14.8 Å². The molecule has 1 unspecified atom stereocenters. The molecule has 2 saturated heterocycles. The normalized spacial score (nSPS) is 23.0. The van der Waals surface area contributed by atoms with Crippen LogP contribution in [0.2, 0.25) is 5.02 Å². The predicted octanol–water partition coefficient (Wildman–Crippen LogP) is 1.35. The maximum absolute atomic E-state index is 12.8. The first-order valence-corrected chi connectivity index (χ1v) is 9.56. The molecule has 1 aromatic rings. The van der Waals surface area contributed by atoms with Crippen molar-refractivity contribution >= 4 is 39.9 Å². The summed E-state index contributed by atoms with van der Waals surface area (Å²) in [6.07, 6.45) is 1.59. The van der Waals surface area contributed by atoms with E-state index in [-0.39, 0.29) is 29.3 Å². The second-order valence-corrected chi connectivity index (χ2v) is 8.25. The molecular formula is C15H21Cl2N3O3S. The van der Waals surface area contributed by atoms with Crippen molar-refractivity contribution in [3.63, 3.8) is 0 Å². The first kappa shape index (κ1) is 19.5. The Bertz CT molecular complexity index is 699. The van der Waals surface area contributed by atoms with Crippen LogP contribution in [0.4, 0.5) is 0 Å². The molecule has 0 aromatic heterocycles. The largest absolute Gasteiger partial charge is 0.336 e. The van der Waals surface area contributed by atoms with Gasteiger partial charge in [0.05, 0.1) is 11.4 Å². The molecule has 0 saturated carbocycles. The fourth-order valence-electron chi connectivity index (χ4n) is 3.18. The lowest BCUT2D eigenvalue weighted by Crippen LogP contribution is -2.57. The van der Waals surface area contributed by atoms with Crippen molar-refractivity contribution in [1.82, 2.24) is 14.5 Å². The van der Waals surface area contributed by atoms with Crippen LogP contribution in [0.5, 0.6) is 0 Å². The highest BCUT2D eigenvalue weighted by Gasteiger charge is 2.35. The third-order valence-electron chi connectivity index (χ3n) is 4.36. The monoisotopic (exact) mass is 393 g/mol. The van der Waals surface area contributed by atoms with Crippen molar-refractivity contribution < 1.29 is 13.2 Å². The summed E-state index contributed by atoms with van der Waals surface area (Å²) >= 11 is 5.92. The summed E-state index contributed by atoms with van der Waals surface area (Å²) in [5.41, 5.74) is 0. The van der Waals surface area contributed by atoms with Crippen molar-refractivity contribution in [2.45, 2.75) is 23.8 Å². The van der Waals surface area contributed by atoms with Gasteiger partial charge in [-0.2, -0.15) is 4.31 Å². The van der Waals surface area contributed by atoms with Crippen molar-refractivity contribution in [2.75, 3.05) is 32.7 Å². The van der Waals surface area contributed by atoms with Gasteiger partial charge in [0.1, 0.15) is 0 Å². The highest BCUT2D eigenvalue weighted by atomic mass is 35.5. The van der Waals surface area contributed by atoms with E-state index in [0.717, 1.165) is 19.4 Å². The molecule has 2 aliphatic rings. The molecule has 1 N–H and O–H groups in total. The zero-order valence-electron chi connectivity index (χ0n) is 13.2. The summed E-state index contributed by atoms with van der Waals surface area (Å²) < 4.78 is 27.1. The number of piperidine rings is 1. The van der Waals surface area contributed by atoms with Gasteiger partial charge in [-0.1, -0.05) is 17.7 Å². The number of nitrogens with one attached hydrogen (secondary N) is 1. The molecule has 0 radical (unpaired) electrons. The van der Waals surface area contributed by atoms with Gasteiger partial charge in [0.15, 0.2) is 0 Å². The number of amides is 1. The van der Waals surface area contributed by atoms with Gasteiger partial charge in [-0.05, 0) is 31.0 Å². The van der Waals surface area contributed by atoms with Gasteiger partial charge < -0.3 is 10.2 Å². The fourth-order valence-corrected chi connectivity index (χ4v) is 4.99. The molecule has 9 heteroatoms. The SMILES string of the molecule is Cl.O=C1CNCCN1C1CCCN(S(=O)(=O)c2cccc(Cl)c2)C1. The minimum Gasteiger partial charge on any atom is -0.336 e. The maximum Gasteiger partial charge on any atom is 0.243 e. The third kappa shape index (κ3) is 4.03. The quantitative estimate of drug-likeness (QED) is 0.840. The Morgan fingerprint density at radius 3 is 2.75 bits per heavy atom. The lowest BCUT2D eigenvalue weighted by atomic mass is 10.1. The van der Waals surface area contributed by atoms with E-state index in [1.807, 2.05) is 4.90 Å². The second kappa shape index (κ2) is 8.01. The molecule has 2 fully saturated rings. The van der Waals surface area contributed by atoms with Crippen LogP contribution in [0.1, 0.15) is 12.8 Å². The van der Waals surface area contributed by atoms with Crippen molar-refractivity contribution in [3.8, 4) is 0 Å². The highest BCUT2D eigenvalue weighted by molar-refractivity contribution is 7.89. The Labute approximate surface area is 153 Å². The molecule has 2 aliphatic heterocycles. The molecule has 3 rings (SSSR count). The minimum absolute atomic E-state index is 0. The van der Waals surface area contributed by atoms with Gasteiger partial charge in [-0.3, -0.25) is 4.79 Å². The van der Waals surface area contributed by atoms with Crippen LogP contribution in [-0.4, -0.2) is 62.3 Å². The summed E-state index contributed by atoms with van der Waals surface area (Å²) in [6, 6.07) is 6.26. The van der Waals surface area contributed by atoms with Crippen LogP contribution >= 0.6 is 24.0 Å². The first-order valence-electron chi connectivity index (χ1n) is 7.74. The molecule has 134 valence electrons. The molecule has 2 heterocycles. The summed E-state index contributed by atoms with van der Waals surface area (Å²) in [6.45, 7) is 2.54. The fraction of sp³-hybridized carbons (Fsp3) is 0.533. The lowest BCUT2D eigenvalue weighted by molar-refractivity contribution is -0.135. The average Bonchev–Trinajstić information content (AvgIpc) is 2.55. The van der Waals surface area contributed by atoms with Gasteiger partial charge >= 0.3 is 0 Å². The summed E-state index contributed by atoms with van der Waals surface area (Å²) in [5.74, 6) is 0.0447. The Morgan fingerprint density at radius 1 is 1.25 bits per heavy atom. The van der Waals surface area contributed by atoms with Gasteiger partial charge in [0.2, 0.25) is 15.9 Å². The Kier molecular flexibility index (Phi) is 6.50. The number of nitrogens with zero attached hydrogens (tertiary/aromatic N) is 2. The number of carbonyl (C=O) groups excluding carboxylic acids is 1. The molecule has 6 nitrogen and oxygen atoms in total. The molecule has 1 atom stereocenters. The predicted molar refractivity (Wildman–Crippen MR) is 95.1 cm³/mol. The van der Waals surface area contributed by atoms with E-state index in [1.54, 1.807) is 18.2 Å². The standard InChI is InChI=1S/C15H20ClN3O3S.ClH/c16-12-3-1-5-14(9-12)23(21,22)18-7-2-4-13(11-18)19-8-6-17-10-15(19)20;/h1,3,5,9,13,17H,2,4,6-8,10-11H2;1H. The number of piperazine rings is 1. The van der Waals surface area contributed by atoms with Gasteiger partial charge in [0.25, 0.3) is 0 Å². The molecular weight excluding hydrogens is 373 g/mol. The van der Waals surface area contributed by atoms with Crippen molar-refractivity contribution in [1.29, 1.82) is 0 Å². The van der Waals surface area contributed by atoms with E-state index < -0.39 is 10.0 Å². The van der Waals surface area contributed by atoms with Gasteiger partial charge in [0, 0.05) is 37.2 Å². The van der Waals surface area contributed by atoms with E-state index in [0.29, 0.717) is 31.2 Å². The van der Waals surface area contributed by atoms with E-state index >= 15 is 0 Å². The van der Waals surface area contributed by atoms with Gasteiger partial charge in [-0.25, -0.2) is 8.42 Å². The summed E-state index contributed by atoms with van der Waals surface area (Å²) in [5, 5.41) is 3.44. The number of carbonyl (C=O) groups is 1. The molecule has 24 heavy (non-hydrogen) atoms. The van der Waals surface area contributed by atoms with E-state index in [1.165, 1.54) is 10.4 Å². The Hall–Kier alpha value is -0.860. The van der Waals surface area contributed by atoms with Crippen LogP contribution in [0.15, 0.2) is 29.2 Å². The van der Waals surface area contributed by atoms with Crippen LogP contribution in [0.3, 0.4) is 0 Å². The first-order chi connectivity index (χ1) is 11.0. The minimum atomic E-state index is -3.58. The highest BCUT2D eigenvalue weighted by Crippen LogP contribution is 2.25. The van der Waals surface area contributed by atoms with Crippen LogP contribution < -0.4 is 5.32 Å². The zero-order chi connectivity index (χ0) is 16.4. The second-order valence-electron chi connectivity index (χ2n) is 5.88. The van der Waals surface area contributed by atoms with E-state index in [4.69, 9.17) is 11.6 Å². The topological polar surface area (TPSA) is 69.7 Å². The van der Waals surface area contributed by atoms with Crippen molar-refractivity contribution in [2.24, 2.45) is 0 Å². The number of hydrogen-bond acceptors (Lipinski definition) is 4. The van der Waals surface area contributed by atoms with Crippen LogP contribution in [0.25, 0.3) is 0 Å². The Balaban J connectivity index is 0.00000208. The maximum atomic E-state index is 12.8. The average molecular weight is 394 g/mol. The summed E-state index contributed by atoms with van der Waals surface area (Å²) in [4.78, 5) is 14.1. The molecule has 0 bridgehead atoms. The molecule has 0 spiro atoms. The number of hydrogen-bond donors (Lipinski definition) is 1. The lowest BCUT2D eigenvalue weighted by Gasteiger charge is -2.40. The molecule has 1 amide bonds. The number of benzene rings is 1.